The van der Waals surface area contributed by atoms with Gasteiger partial charge in [-0.15, -0.1) is 0 Å². The van der Waals surface area contributed by atoms with Gasteiger partial charge in [-0.1, -0.05) is 33.1 Å². The quantitative estimate of drug-likeness (QED) is 0.837. The molecule has 1 aliphatic carbocycles. The molecule has 2 amide bonds. The number of rotatable bonds is 4. The first kappa shape index (κ1) is 16.1. The second kappa shape index (κ2) is 7.14. The Balaban J connectivity index is 1.82. The third-order valence-electron chi connectivity index (χ3n) is 5.17. The van der Waals surface area contributed by atoms with Gasteiger partial charge in [-0.25, -0.2) is 4.79 Å². The molecule has 2 fully saturated rings. The van der Waals surface area contributed by atoms with E-state index in [2.05, 4.69) is 5.32 Å². The molecule has 1 saturated heterocycles. The second-order valence-electron chi connectivity index (χ2n) is 6.91. The molecule has 0 radical (unpaired) electrons. The van der Waals surface area contributed by atoms with Crippen LogP contribution in [0.3, 0.4) is 0 Å². The Labute approximate surface area is 127 Å². The minimum Gasteiger partial charge on any atom is -0.481 e. The number of nitrogens with one attached hydrogen (secondary N) is 1. The van der Waals surface area contributed by atoms with Crippen LogP contribution >= 0.6 is 0 Å². The summed E-state index contributed by atoms with van der Waals surface area (Å²) < 4.78 is 0. The van der Waals surface area contributed by atoms with Gasteiger partial charge in [-0.3, -0.25) is 4.79 Å². The van der Waals surface area contributed by atoms with Crippen LogP contribution in [0.25, 0.3) is 0 Å². The van der Waals surface area contributed by atoms with Crippen molar-refractivity contribution in [2.75, 3.05) is 19.6 Å². The summed E-state index contributed by atoms with van der Waals surface area (Å²) >= 11 is 0. The molecule has 1 aliphatic heterocycles. The summed E-state index contributed by atoms with van der Waals surface area (Å²) in [5, 5.41) is 12.0. The maximum atomic E-state index is 12.2. The number of nitrogens with zero attached hydrogens (tertiary/aromatic N) is 1. The van der Waals surface area contributed by atoms with Crippen molar-refractivity contribution in [3.05, 3.63) is 0 Å². The molecule has 3 atom stereocenters. The summed E-state index contributed by atoms with van der Waals surface area (Å²) in [6.45, 7) is 5.62. The topological polar surface area (TPSA) is 69.6 Å². The standard InChI is InChI=1S/C16H28N2O3/c1-11(2)14(15(19)20)9-17-16(21)18-8-7-12-5-3-4-6-13(12)10-18/h11-14H,3-10H2,1-2H3,(H,17,21)(H,19,20). The largest absolute Gasteiger partial charge is 0.481 e. The minimum atomic E-state index is -0.837. The molecule has 21 heavy (non-hydrogen) atoms. The molecule has 5 nitrogen and oxygen atoms in total. The maximum absolute atomic E-state index is 12.2. The van der Waals surface area contributed by atoms with E-state index in [1.54, 1.807) is 0 Å². The summed E-state index contributed by atoms with van der Waals surface area (Å²) in [6, 6.07) is -0.0917. The Morgan fingerprint density at radius 2 is 1.86 bits per heavy atom. The van der Waals surface area contributed by atoms with Gasteiger partial charge in [-0.2, -0.15) is 0 Å². The zero-order valence-electron chi connectivity index (χ0n) is 13.2. The molecule has 0 aromatic heterocycles. The Morgan fingerprint density at radius 1 is 1.19 bits per heavy atom. The van der Waals surface area contributed by atoms with Crippen molar-refractivity contribution in [1.82, 2.24) is 10.2 Å². The Bertz CT molecular complexity index is 384. The zero-order valence-corrected chi connectivity index (χ0v) is 13.2. The number of fused-ring (bicyclic) bond motifs is 1. The summed E-state index contributed by atoms with van der Waals surface area (Å²) in [5.74, 6) is 0.119. The van der Waals surface area contributed by atoms with E-state index in [1.165, 1.54) is 25.7 Å². The number of aliphatic carboxylic acids is 1. The average molecular weight is 296 g/mol. The Morgan fingerprint density at radius 3 is 2.48 bits per heavy atom. The zero-order chi connectivity index (χ0) is 15.4. The van der Waals surface area contributed by atoms with Gasteiger partial charge >= 0.3 is 12.0 Å². The van der Waals surface area contributed by atoms with Gasteiger partial charge in [0.2, 0.25) is 0 Å². The maximum Gasteiger partial charge on any atom is 0.317 e. The van der Waals surface area contributed by atoms with Crippen molar-refractivity contribution in [3.8, 4) is 0 Å². The van der Waals surface area contributed by atoms with Gasteiger partial charge in [0.1, 0.15) is 0 Å². The van der Waals surface area contributed by atoms with Crippen LogP contribution in [0.4, 0.5) is 4.79 Å². The Hall–Kier alpha value is -1.26. The second-order valence-corrected chi connectivity index (χ2v) is 6.91. The first-order valence-electron chi connectivity index (χ1n) is 8.24. The summed E-state index contributed by atoms with van der Waals surface area (Å²) in [7, 11) is 0. The highest BCUT2D eigenvalue weighted by Gasteiger charge is 2.33. The molecule has 5 heteroatoms. The molecular weight excluding hydrogens is 268 g/mol. The predicted octanol–water partition coefficient (Wildman–Crippen LogP) is 2.56. The fourth-order valence-electron chi connectivity index (χ4n) is 3.70. The van der Waals surface area contributed by atoms with E-state index in [-0.39, 0.29) is 18.5 Å². The highest BCUT2D eigenvalue weighted by molar-refractivity contribution is 5.76. The van der Waals surface area contributed by atoms with Crippen LogP contribution in [0.5, 0.6) is 0 Å². The van der Waals surface area contributed by atoms with E-state index in [0.717, 1.165) is 25.4 Å². The number of carbonyl (C=O) groups excluding carboxylic acids is 1. The van der Waals surface area contributed by atoms with E-state index < -0.39 is 11.9 Å². The lowest BCUT2D eigenvalue weighted by Gasteiger charge is -2.41. The molecule has 120 valence electrons. The molecule has 2 N–H and O–H groups in total. The van der Waals surface area contributed by atoms with E-state index in [4.69, 9.17) is 5.11 Å². The number of carbonyl (C=O) groups is 2. The SMILES string of the molecule is CC(C)C(CNC(=O)N1CCC2CCCCC2C1)C(=O)O. The number of piperidine rings is 1. The summed E-state index contributed by atoms with van der Waals surface area (Å²) in [5.41, 5.74) is 0. The number of likely N-dealkylation sites (tertiary alicyclic amines) is 1. The molecule has 1 saturated carbocycles. The van der Waals surface area contributed by atoms with Crippen LogP contribution in [0.15, 0.2) is 0 Å². The summed E-state index contributed by atoms with van der Waals surface area (Å²) in [6.07, 6.45) is 6.27. The number of urea groups is 1. The highest BCUT2D eigenvalue weighted by atomic mass is 16.4. The van der Waals surface area contributed by atoms with Gasteiger partial charge in [0.05, 0.1) is 5.92 Å². The van der Waals surface area contributed by atoms with E-state index in [1.807, 2.05) is 18.7 Å². The van der Waals surface area contributed by atoms with Crippen molar-refractivity contribution in [1.29, 1.82) is 0 Å². The van der Waals surface area contributed by atoms with E-state index in [0.29, 0.717) is 5.92 Å². The van der Waals surface area contributed by atoms with Gasteiger partial charge in [0, 0.05) is 19.6 Å². The monoisotopic (exact) mass is 296 g/mol. The van der Waals surface area contributed by atoms with E-state index in [9.17, 15) is 9.59 Å². The van der Waals surface area contributed by atoms with Gasteiger partial charge < -0.3 is 15.3 Å². The van der Waals surface area contributed by atoms with Crippen LogP contribution in [0.1, 0.15) is 46.0 Å². The molecule has 0 bridgehead atoms. The van der Waals surface area contributed by atoms with Crippen molar-refractivity contribution in [2.24, 2.45) is 23.7 Å². The first-order valence-corrected chi connectivity index (χ1v) is 8.24. The lowest BCUT2D eigenvalue weighted by Crippen LogP contribution is -2.50. The molecule has 0 spiro atoms. The van der Waals surface area contributed by atoms with Crippen LogP contribution < -0.4 is 5.32 Å². The van der Waals surface area contributed by atoms with Crippen LogP contribution in [-0.2, 0) is 4.79 Å². The van der Waals surface area contributed by atoms with Crippen LogP contribution in [0.2, 0.25) is 0 Å². The number of amides is 2. The average Bonchev–Trinajstić information content (AvgIpc) is 2.46. The number of carboxylic acid groups (broad SMARTS) is 1. The third-order valence-corrected chi connectivity index (χ3v) is 5.17. The van der Waals surface area contributed by atoms with E-state index >= 15 is 0 Å². The normalized spacial score (nSPS) is 27.1. The molecule has 0 aromatic rings. The number of hydrogen-bond donors (Lipinski definition) is 2. The molecule has 3 unspecified atom stereocenters. The molecule has 1 heterocycles. The lowest BCUT2D eigenvalue weighted by atomic mass is 9.75. The van der Waals surface area contributed by atoms with Gasteiger partial charge in [-0.05, 0) is 30.6 Å². The fourth-order valence-corrected chi connectivity index (χ4v) is 3.70. The lowest BCUT2D eigenvalue weighted by molar-refractivity contribution is -0.142. The van der Waals surface area contributed by atoms with Crippen molar-refractivity contribution in [2.45, 2.75) is 46.0 Å². The van der Waals surface area contributed by atoms with Crippen molar-refractivity contribution >= 4 is 12.0 Å². The molecule has 2 aliphatic rings. The van der Waals surface area contributed by atoms with Crippen LogP contribution in [-0.4, -0.2) is 41.6 Å². The third kappa shape index (κ3) is 4.11. The minimum absolute atomic E-state index is 0.0203. The number of carboxylic acids is 1. The predicted molar refractivity (Wildman–Crippen MR) is 81.0 cm³/mol. The first-order chi connectivity index (χ1) is 9.99. The van der Waals surface area contributed by atoms with Gasteiger partial charge in [0.25, 0.3) is 0 Å². The Kier molecular flexibility index (Phi) is 5.48. The summed E-state index contributed by atoms with van der Waals surface area (Å²) in [4.78, 5) is 25.3. The smallest absolute Gasteiger partial charge is 0.317 e. The molecule has 0 aromatic carbocycles. The number of hydrogen-bond acceptors (Lipinski definition) is 2. The molecule has 2 rings (SSSR count). The van der Waals surface area contributed by atoms with Crippen molar-refractivity contribution < 1.29 is 14.7 Å². The molecular formula is C16H28N2O3. The van der Waals surface area contributed by atoms with Crippen LogP contribution in [0, 0.1) is 23.7 Å². The van der Waals surface area contributed by atoms with Crippen molar-refractivity contribution in [3.63, 3.8) is 0 Å². The highest BCUT2D eigenvalue weighted by Crippen LogP contribution is 2.35. The fraction of sp³-hybridized carbons (Fsp3) is 0.875. The van der Waals surface area contributed by atoms with Gasteiger partial charge in [0.15, 0.2) is 0 Å².